The minimum absolute atomic E-state index is 0.256. The molecule has 21 heavy (non-hydrogen) atoms. The molecule has 1 saturated heterocycles. The van der Waals surface area contributed by atoms with E-state index in [2.05, 4.69) is 25.7 Å². The van der Waals surface area contributed by atoms with Gasteiger partial charge >= 0.3 is 0 Å². The van der Waals surface area contributed by atoms with Gasteiger partial charge in [0, 0.05) is 19.6 Å². The smallest absolute Gasteiger partial charge is 0.0900 e. The number of aliphatic hydroxyl groups excluding tert-OH is 1. The molecule has 3 fully saturated rings. The molecule has 2 aliphatic carbocycles. The summed E-state index contributed by atoms with van der Waals surface area (Å²) in [4.78, 5) is 2.27. The molecule has 0 amide bonds. The zero-order valence-corrected chi connectivity index (χ0v) is 13.8. The van der Waals surface area contributed by atoms with Crippen molar-refractivity contribution < 1.29 is 14.6 Å². The molecule has 0 aromatic rings. The van der Waals surface area contributed by atoms with Gasteiger partial charge in [-0.1, -0.05) is 20.8 Å². The van der Waals surface area contributed by atoms with E-state index in [9.17, 15) is 5.11 Å². The van der Waals surface area contributed by atoms with Gasteiger partial charge in [-0.05, 0) is 36.0 Å². The number of morpholine rings is 1. The number of β-amino-alcohol motifs (C(OH)–C–C–N with tert-alkyl or cyclic N) is 1. The van der Waals surface area contributed by atoms with Crippen LogP contribution in [0.3, 0.4) is 0 Å². The highest BCUT2D eigenvalue weighted by Gasteiger charge is 2.60. The molecule has 3 aliphatic rings. The minimum Gasteiger partial charge on any atom is -0.389 e. The maximum Gasteiger partial charge on any atom is 0.0900 e. The zero-order valence-electron chi connectivity index (χ0n) is 13.8. The van der Waals surface area contributed by atoms with Crippen LogP contribution in [-0.2, 0) is 9.47 Å². The summed E-state index contributed by atoms with van der Waals surface area (Å²) in [5.41, 5.74) is 0.582. The van der Waals surface area contributed by atoms with Crippen molar-refractivity contribution in [3.63, 3.8) is 0 Å². The summed E-state index contributed by atoms with van der Waals surface area (Å²) >= 11 is 0. The van der Waals surface area contributed by atoms with Crippen LogP contribution in [0.5, 0.6) is 0 Å². The summed E-state index contributed by atoms with van der Waals surface area (Å²) in [6, 6.07) is 0. The van der Waals surface area contributed by atoms with Crippen LogP contribution in [0.25, 0.3) is 0 Å². The molecule has 4 nitrogen and oxygen atoms in total. The second kappa shape index (κ2) is 5.80. The molecule has 4 atom stereocenters. The molecule has 3 rings (SSSR count). The van der Waals surface area contributed by atoms with E-state index in [1.807, 2.05) is 0 Å². The molecule has 122 valence electrons. The van der Waals surface area contributed by atoms with Crippen LogP contribution in [0.15, 0.2) is 0 Å². The Balaban J connectivity index is 1.50. The molecule has 0 unspecified atom stereocenters. The third-order valence-corrected chi connectivity index (χ3v) is 6.17. The standard InChI is InChI=1S/C17H31NO3/c1-16(2)13-4-5-17(3,10-13)15(16)21-12-14(19)11-18-6-8-20-9-7-18/h13-15,19H,4-12H2,1-3H3/t13-,14+,15+,17-/m0/s1. The lowest BCUT2D eigenvalue weighted by atomic mass is 9.70. The number of hydrogen-bond acceptors (Lipinski definition) is 4. The lowest BCUT2D eigenvalue weighted by Crippen LogP contribution is -2.46. The Morgan fingerprint density at radius 3 is 2.62 bits per heavy atom. The largest absolute Gasteiger partial charge is 0.389 e. The zero-order chi connectivity index (χ0) is 15.1. The Morgan fingerprint density at radius 1 is 1.29 bits per heavy atom. The highest BCUT2D eigenvalue weighted by Crippen LogP contribution is 2.63. The Hall–Kier alpha value is -0.160. The van der Waals surface area contributed by atoms with Gasteiger partial charge in [-0.3, -0.25) is 4.90 Å². The number of fused-ring (bicyclic) bond motifs is 2. The summed E-state index contributed by atoms with van der Waals surface area (Å²) in [5.74, 6) is 0.795. The quantitative estimate of drug-likeness (QED) is 0.842. The predicted molar refractivity (Wildman–Crippen MR) is 82.2 cm³/mol. The van der Waals surface area contributed by atoms with Crippen molar-refractivity contribution in [3.05, 3.63) is 0 Å². The van der Waals surface area contributed by atoms with Crippen LogP contribution < -0.4 is 0 Å². The van der Waals surface area contributed by atoms with E-state index < -0.39 is 0 Å². The third kappa shape index (κ3) is 3.00. The molecular formula is C17H31NO3. The monoisotopic (exact) mass is 297 g/mol. The Bertz CT molecular complexity index is 362. The van der Waals surface area contributed by atoms with Crippen molar-refractivity contribution in [3.8, 4) is 0 Å². The van der Waals surface area contributed by atoms with Gasteiger partial charge in [0.25, 0.3) is 0 Å². The molecule has 1 aliphatic heterocycles. The van der Waals surface area contributed by atoms with Crippen molar-refractivity contribution in [2.24, 2.45) is 16.7 Å². The first-order valence-corrected chi connectivity index (χ1v) is 8.51. The van der Waals surface area contributed by atoms with Crippen LogP contribution in [0.2, 0.25) is 0 Å². The molecule has 0 radical (unpaired) electrons. The Kier molecular flexibility index (Phi) is 4.34. The summed E-state index contributed by atoms with van der Waals surface area (Å²) in [5, 5.41) is 10.3. The lowest BCUT2D eigenvalue weighted by Gasteiger charge is -2.42. The van der Waals surface area contributed by atoms with Gasteiger partial charge in [-0.2, -0.15) is 0 Å². The number of rotatable bonds is 5. The maximum atomic E-state index is 10.3. The van der Waals surface area contributed by atoms with Crippen molar-refractivity contribution in [2.75, 3.05) is 39.5 Å². The molecule has 2 saturated carbocycles. The first kappa shape index (κ1) is 15.7. The van der Waals surface area contributed by atoms with Gasteiger partial charge in [0.1, 0.15) is 0 Å². The van der Waals surface area contributed by atoms with E-state index in [0.717, 1.165) is 32.2 Å². The average Bonchev–Trinajstić information content (AvgIpc) is 2.90. The number of nitrogens with zero attached hydrogens (tertiary/aromatic N) is 1. The highest BCUT2D eigenvalue weighted by molar-refractivity contribution is 5.09. The Labute approximate surface area is 128 Å². The summed E-state index contributed by atoms with van der Waals surface area (Å²) < 4.78 is 11.6. The summed E-state index contributed by atoms with van der Waals surface area (Å²) in [6.07, 6.45) is 3.83. The van der Waals surface area contributed by atoms with E-state index in [1.165, 1.54) is 19.3 Å². The normalized spacial score (nSPS) is 40.6. The van der Waals surface area contributed by atoms with Gasteiger partial charge in [-0.15, -0.1) is 0 Å². The van der Waals surface area contributed by atoms with E-state index in [-0.39, 0.29) is 11.5 Å². The second-order valence-corrected chi connectivity index (χ2v) is 8.20. The van der Waals surface area contributed by atoms with Crippen molar-refractivity contribution in [2.45, 2.75) is 52.2 Å². The van der Waals surface area contributed by atoms with Crippen molar-refractivity contribution >= 4 is 0 Å². The first-order valence-electron chi connectivity index (χ1n) is 8.51. The predicted octanol–water partition coefficient (Wildman–Crippen LogP) is 1.91. The Morgan fingerprint density at radius 2 is 2.00 bits per heavy atom. The first-order chi connectivity index (χ1) is 9.92. The van der Waals surface area contributed by atoms with Crippen LogP contribution in [0.1, 0.15) is 40.0 Å². The van der Waals surface area contributed by atoms with Crippen molar-refractivity contribution in [1.29, 1.82) is 0 Å². The lowest BCUT2D eigenvalue weighted by molar-refractivity contribution is -0.115. The van der Waals surface area contributed by atoms with E-state index in [4.69, 9.17) is 9.47 Å². The number of hydrogen-bond donors (Lipinski definition) is 1. The van der Waals surface area contributed by atoms with E-state index in [0.29, 0.717) is 24.7 Å². The van der Waals surface area contributed by atoms with E-state index >= 15 is 0 Å². The van der Waals surface area contributed by atoms with Crippen molar-refractivity contribution in [1.82, 2.24) is 4.90 Å². The van der Waals surface area contributed by atoms with Crippen LogP contribution in [-0.4, -0.2) is 61.7 Å². The summed E-state index contributed by atoms with van der Waals surface area (Å²) in [6.45, 7) is 11.6. The van der Waals surface area contributed by atoms with E-state index in [1.54, 1.807) is 0 Å². The molecule has 4 heteroatoms. The highest BCUT2D eigenvalue weighted by atomic mass is 16.5. The van der Waals surface area contributed by atoms with Gasteiger partial charge in [0.2, 0.25) is 0 Å². The molecule has 0 aromatic heterocycles. The number of ether oxygens (including phenoxy) is 2. The van der Waals surface area contributed by atoms with Gasteiger partial charge < -0.3 is 14.6 Å². The van der Waals surface area contributed by atoms with Crippen LogP contribution in [0, 0.1) is 16.7 Å². The molecule has 1 heterocycles. The SMILES string of the molecule is CC1(C)[C@H]2CC[C@@](C)(C2)[C@@H]1OC[C@H](O)CN1CCOCC1. The average molecular weight is 297 g/mol. The molecule has 0 aromatic carbocycles. The topological polar surface area (TPSA) is 41.9 Å². The fraction of sp³-hybridized carbons (Fsp3) is 1.00. The molecular weight excluding hydrogens is 266 g/mol. The van der Waals surface area contributed by atoms with Gasteiger partial charge in [-0.25, -0.2) is 0 Å². The number of aliphatic hydroxyl groups is 1. The molecule has 2 bridgehead atoms. The fourth-order valence-electron chi connectivity index (χ4n) is 5.01. The second-order valence-electron chi connectivity index (χ2n) is 8.20. The maximum absolute atomic E-state index is 10.3. The van der Waals surface area contributed by atoms with Gasteiger partial charge in [0.05, 0.1) is 32.0 Å². The fourth-order valence-corrected chi connectivity index (χ4v) is 5.01. The van der Waals surface area contributed by atoms with Gasteiger partial charge in [0.15, 0.2) is 0 Å². The van der Waals surface area contributed by atoms with Crippen LogP contribution in [0.4, 0.5) is 0 Å². The molecule has 0 spiro atoms. The van der Waals surface area contributed by atoms with Crippen LogP contribution >= 0.6 is 0 Å². The molecule has 1 N–H and O–H groups in total. The minimum atomic E-state index is -0.387. The summed E-state index contributed by atoms with van der Waals surface area (Å²) in [7, 11) is 0. The third-order valence-electron chi connectivity index (χ3n) is 6.17.